The molecule has 2 aromatic heterocycles. The number of hydrogen-bond acceptors (Lipinski definition) is 4. The van der Waals surface area contributed by atoms with Crippen LogP contribution in [0.3, 0.4) is 0 Å². The van der Waals surface area contributed by atoms with Gasteiger partial charge in [-0.05, 0) is 51.2 Å². The molecule has 0 saturated heterocycles. The van der Waals surface area contributed by atoms with Gasteiger partial charge in [-0.25, -0.2) is 9.97 Å². The van der Waals surface area contributed by atoms with E-state index in [2.05, 4.69) is 74.5 Å². The zero-order valence-corrected chi connectivity index (χ0v) is 22.2. The fourth-order valence-corrected chi connectivity index (χ4v) is 6.13. The number of hydrogen-bond donors (Lipinski definition) is 2. The number of nitrogens with one attached hydrogen (secondary N) is 2. The molecule has 0 bridgehead atoms. The summed E-state index contributed by atoms with van der Waals surface area (Å²) in [6.07, 6.45) is 7.84. The number of aromatic nitrogens is 4. The van der Waals surface area contributed by atoms with Gasteiger partial charge in [-0.2, -0.15) is 5.26 Å². The van der Waals surface area contributed by atoms with E-state index in [1.54, 1.807) is 25.0 Å². The van der Waals surface area contributed by atoms with Gasteiger partial charge in [0.25, 0.3) is 0 Å². The second kappa shape index (κ2) is 9.92. The summed E-state index contributed by atoms with van der Waals surface area (Å²) >= 11 is 0. The lowest BCUT2D eigenvalue weighted by Crippen LogP contribution is -2.43. The van der Waals surface area contributed by atoms with Crippen molar-refractivity contribution in [1.82, 2.24) is 19.9 Å². The fraction of sp³-hybridized carbons (Fsp3) is 0.118. The largest absolute Gasteiger partial charge is 0.348 e. The highest BCUT2D eigenvalue weighted by Crippen LogP contribution is 2.48. The van der Waals surface area contributed by atoms with Gasteiger partial charge in [0.1, 0.15) is 0 Å². The van der Waals surface area contributed by atoms with Crippen LogP contribution < -0.4 is 4.90 Å². The molecule has 0 radical (unpaired) electrons. The third-order valence-corrected chi connectivity index (χ3v) is 8.11. The van der Waals surface area contributed by atoms with E-state index in [4.69, 9.17) is 0 Å². The molecule has 0 fully saturated rings. The smallest absolute Gasteiger partial charge is 0.238 e. The molecule has 7 heteroatoms. The van der Waals surface area contributed by atoms with Crippen LogP contribution in [-0.2, 0) is 29.6 Å². The van der Waals surface area contributed by atoms with Gasteiger partial charge in [0.05, 0.1) is 36.2 Å². The molecule has 0 saturated carbocycles. The Balaban J connectivity index is 1.40. The Labute approximate surface area is 237 Å². The number of imidazole rings is 2. The predicted molar refractivity (Wildman–Crippen MR) is 158 cm³/mol. The molecule has 1 amide bonds. The van der Waals surface area contributed by atoms with Gasteiger partial charge in [0, 0.05) is 42.3 Å². The summed E-state index contributed by atoms with van der Waals surface area (Å²) in [4.78, 5) is 31.7. The lowest BCUT2D eigenvalue weighted by molar-refractivity contribution is -0.123. The molecule has 4 aromatic carbocycles. The van der Waals surface area contributed by atoms with Crippen LogP contribution in [0.5, 0.6) is 0 Å². The topological polar surface area (TPSA) is 101 Å². The maximum Gasteiger partial charge on any atom is 0.238 e. The van der Waals surface area contributed by atoms with Crippen LogP contribution in [0, 0.1) is 11.3 Å². The van der Waals surface area contributed by atoms with Crippen molar-refractivity contribution in [3.8, 4) is 17.2 Å². The zero-order valence-electron chi connectivity index (χ0n) is 22.2. The van der Waals surface area contributed by atoms with E-state index in [0.717, 1.165) is 50.1 Å². The van der Waals surface area contributed by atoms with E-state index in [1.165, 1.54) is 0 Å². The summed E-state index contributed by atoms with van der Waals surface area (Å²) in [5, 5.41) is 11.5. The molecule has 0 atom stereocenters. The number of aromatic amines is 2. The predicted octanol–water partition coefficient (Wildman–Crippen LogP) is 6.09. The first-order chi connectivity index (χ1) is 20.1. The van der Waals surface area contributed by atoms with E-state index < -0.39 is 5.41 Å². The Morgan fingerprint density at radius 3 is 2.17 bits per heavy atom. The van der Waals surface area contributed by atoms with E-state index in [-0.39, 0.29) is 5.91 Å². The number of rotatable bonds is 7. The van der Waals surface area contributed by atoms with Crippen molar-refractivity contribution in [2.24, 2.45) is 0 Å². The monoisotopic (exact) mass is 534 g/mol. The molecule has 2 N–H and O–H groups in total. The molecule has 6 aromatic rings. The number of benzene rings is 4. The highest BCUT2D eigenvalue weighted by atomic mass is 16.2. The molecule has 41 heavy (non-hydrogen) atoms. The van der Waals surface area contributed by atoms with Gasteiger partial charge < -0.3 is 14.9 Å². The zero-order chi connectivity index (χ0) is 27.8. The molecular formula is C34H26N6O. The number of carbonyl (C=O) groups is 1. The SMILES string of the molecule is N#Cc1ccc(-c2ccc3c(c2)N(Cc2cccc4ccccc24)C(=O)C3(Cc2cnc[nH]2)Cc2cnc[nH]2)cc1. The first-order valence-corrected chi connectivity index (χ1v) is 13.5. The van der Waals surface area contributed by atoms with Crippen molar-refractivity contribution in [1.29, 1.82) is 5.26 Å². The van der Waals surface area contributed by atoms with Gasteiger partial charge in [0.15, 0.2) is 0 Å². The number of H-pyrrole nitrogens is 2. The fourth-order valence-electron chi connectivity index (χ4n) is 6.13. The number of anilines is 1. The first-order valence-electron chi connectivity index (χ1n) is 13.5. The lowest BCUT2D eigenvalue weighted by Gasteiger charge is -2.28. The van der Waals surface area contributed by atoms with Crippen molar-refractivity contribution in [2.75, 3.05) is 4.90 Å². The Bertz CT molecular complexity index is 1860. The molecule has 0 aliphatic carbocycles. The maximum absolute atomic E-state index is 14.8. The van der Waals surface area contributed by atoms with Crippen molar-refractivity contribution in [3.63, 3.8) is 0 Å². The van der Waals surface area contributed by atoms with Gasteiger partial charge in [-0.1, -0.05) is 66.7 Å². The van der Waals surface area contributed by atoms with E-state index in [9.17, 15) is 10.1 Å². The molecular weight excluding hydrogens is 508 g/mol. The molecule has 1 aliphatic heterocycles. The summed E-state index contributed by atoms with van der Waals surface area (Å²) in [7, 11) is 0. The number of carbonyl (C=O) groups excluding carboxylic acids is 1. The van der Waals surface area contributed by atoms with Gasteiger partial charge in [-0.15, -0.1) is 0 Å². The molecule has 1 aliphatic rings. The van der Waals surface area contributed by atoms with E-state index in [1.807, 2.05) is 41.3 Å². The summed E-state index contributed by atoms with van der Waals surface area (Å²) < 4.78 is 0. The van der Waals surface area contributed by atoms with Gasteiger partial charge in [0.2, 0.25) is 5.91 Å². The van der Waals surface area contributed by atoms with Crippen LogP contribution in [0.15, 0.2) is 110 Å². The number of fused-ring (bicyclic) bond motifs is 2. The minimum absolute atomic E-state index is 0.0432. The highest BCUT2D eigenvalue weighted by Gasteiger charge is 2.51. The third-order valence-electron chi connectivity index (χ3n) is 8.11. The second-order valence-electron chi connectivity index (χ2n) is 10.5. The second-order valence-corrected chi connectivity index (χ2v) is 10.5. The number of nitrogens with zero attached hydrogens (tertiary/aromatic N) is 4. The molecule has 0 unspecified atom stereocenters. The van der Waals surface area contributed by atoms with Gasteiger partial charge >= 0.3 is 0 Å². The molecule has 198 valence electrons. The third kappa shape index (κ3) is 4.26. The van der Waals surface area contributed by atoms with Gasteiger partial charge in [-0.3, -0.25) is 4.79 Å². The lowest BCUT2D eigenvalue weighted by atomic mass is 9.74. The van der Waals surface area contributed by atoms with Crippen LogP contribution in [0.1, 0.15) is 28.1 Å². The summed E-state index contributed by atoms with van der Waals surface area (Å²) in [5.41, 5.74) is 6.48. The van der Waals surface area contributed by atoms with E-state index in [0.29, 0.717) is 24.9 Å². The van der Waals surface area contributed by atoms with Crippen molar-refractivity contribution >= 4 is 22.4 Å². The highest BCUT2D eigenvalue weighted by molar-refractivity contribution is 6.09. The molecule has 7 nitrogen and oxygen atoms in total. The Morgan fingerprint density at radius 2 is 1.49 bits per heavy atom. The van der Waals surface area contributed by atoms with Crippen molar-refractivity contribution in [2.45, 2.75) is 24.8 Å². The standard InChI is InChI=1S/C34H26N6O/c35-17-23-8-10-24(11-9-23)26-12-13-31-32(14-26)40(20-27-6-3-5-25-4-1-2-7-30(25)27)33(41)34(31,15-28-18-36-21-38-28)16-29-19-37-22-39-29/h1-14,18-19,21-22H,15-16,20H2,(H,36,38)(H,37,39). The Hall–Kier alpha value is -5.48. The van der Waals surface area contributed by atoms with E-state index >= 15 is 0 Å². The van der Waals surface area contributed by atoms with Crippen molar-refractivity contribution in [3.05, 3.63) is 138 Å². The van der Waals surface area contributed by atoms with Crippen LogP contribution in [0.25, 0.3) is 21.9 Å². The van der Waals surface area contributed by atoms with Crippen molar-refractivity contribution < 1.29 is 4.79 Å². The van der Waals surface area contributed by atoms with Crippen LogP contribution in [-0.4, -0.2) is 25.8 Å². The minimum atomic E-state index is -0.859. The normalized spacial score (nSPS) is 13.8. The average molecular weight is 535 g/mol. The molecule has 3 heterocycles. The van der Waals surface area contributed by atoms with Crippen LogP contribution >= 0.6 is 0 Å². The number of amides is 1. The minimum Gasteiger partial charge on any atom is -0.348 e. The Kier molecular flexibility index (Phi) is 5.94. The molecule has 0 spiro atoms. The first kappa shape index (κ1) is 24.6. The molecule has 7 rings (SSSR count). The average Bonchev–Trinajstić information content (AvgIpc) is 3.77. The van der Waals surface area contributed by atoms with Crippen LogP contribution in [0.2, 0.25) is 0 Å². The Morgan fingerprint density at radius 1 is 0.805 bits per heavy atom. The summed E-state index contributed by atoms with van der Waals surface area (Å²) in [6, 6.07) is 30.5. The quantitative estimate of drug-likeness (QED) is 0.259. The number of nitriles is 1. The summed E-state index contributed by atoms with van der Waals surface area (Å²) in [6.45, 7) is 0.442. The van der Waals surface area contributed by atoms with Crippen LogP contribution in [0.4, 0.5) is 5.69 Å². The maximum atomic E-state index is 14.8. The summed E-state index contributed by atoms with van der Waals surface area (Å²) in [5.74, 6) is 0.0432.